The Bertz CT molecular complexity index is 736. The molecule has 1 atom stereocenters. The molecule has 21 heavy (non-hydrogen) atoms. The molecule has 0 aliphatic heterocycles. The summed E-state index contributed by atoms with van der Waals surface area (Å²) in [6, 6.07) is 8.82. The molecule has 1 amide bonds. The highest BCUT2D eigenvalue weighted by Crippen LogP contribution is 2.31. The number of Topliss-reactive ketones (excluding diaryl/α,β-unsaturated/α-hetero) is 1. The van der Waals surface area contributed by atoms with E-state index < -0.39 is 17.6 Å². The molecule has 1 aromatic carbocycles. The number of amides is 1. The molecule has 2 aromatic rings. The molecule has 0 aliphatic rings. The van der Waals surface area contributed by atoms with E-state index in [0.29, 0.717) is 15.6 Å². The molecule has 0 bridgehead atoms. The van der Waals surface area contributed by atoms with Crippen molar-refractivity contribution in [1.82, 2.24) is 10.3 Å². The number of nitrogens with zero attached hydrogens (tertiary/aromatic N) is 2. The smallest absolute Gasteiger partial charge is 0.245 e. The molecular formula is C14H10ClN3O2S. The summed E-state index contributed by atoms with van der Waals surface area (Å²) in [5, 5.41) is 12.3. The number of carbonyl (C=O) groups is 2. The first-order chi connectivity index (χ1) is 10.1. The summed E-state index contributed by atoms with van der Waals surface area (Å²) in [6.45, 7) is 0. The topological polar surface area (TPSA) is 82.9 Å². The molecule has 0 saturated carbocycles. The normalized spacial score (nSPS) is 11.5. The van der Waals surface area contributed by atoms with Crippen molar-refractivity contribution < 1.29 is 9.59 Å². The van der Waals surface area contributed by atoms with E-state index in [1.807, 2.05) is 6.07 Å². The predicted molar refractivity (Wildman–Crippen MR) is 80.1 cm³/mol. The summed E-state index contributed by atoms with van der Waals surface area (Å²) in [7, 11) is 1.38. The molecule has 0 spiro atoms. The zero-order valence-electron chi connectivity index (χ0n) is 11.0. The van der Waals surface area contributed by atoms with Crippen LogP contribution >= 0.6 is 22.9 Å². The lowest BCUT2D eigenvalue weighted by Crippen LogP contribution is -2.31. The lowest BCUT2D eigenvalue weighted by Gasteiger charge is -2.03. The van der Waals surface area contributed by atoms with E-state index in [9.17, 15) is 9.59 Å². The van der Waals surface area contributed by atoms with Gasteiger partial charge in [-0.05, 0) is 6.07 Å². The minimum absolute atomic E-state index is 0.250. The minimum atomic E-state index is -1.37. The highest BCUT2D eigenvalue weighted by Gasteiger charge is 2.28. The minimum Gasteiger partial charge on any atom is -0.358 e. The Balaban J connectivity index is 2.32. The van der Waals surface area contributed by atoms with Crippen molar-refractivity contribution in [2.24, 2.45) is 5.92 Å². The van der Waals surface area contributed by atoms with E-state index in [-0.39, 0.29) is 4.88 Å². The van der Waals surface area contributed by atoms with Gasteiger partial charge in [0.15, 0.2) is 5.92 Å². The fourth-order valence-corrected chi connectivity index (χ4v) is 2.88. The van der Waals surface area contributed by atoms with Gasteiger partial charge in [0.05, 0.1) is 16.0 Å². The van der Waals surface area contributed by atoms with Gasteiger partial charge in [0.2, 0.25) is 11.7 Å². The van der Waals surface area contributed by atoms with E-state index in [1.165, 1.54) is 13.2 Å². The molecule has 1 N–H and O–H groups in total. The van der Waals surface area contributed by atoms with Crippen molar-refractivity contribution in [2.75, 3.05) is 7.05 Å². The second kappa shape index (κ2) is 6.48. The molecule has 106 valence electrons. The zero-order chi connectivity index (χ0) is 15.4. The van der Waals surface area contributed by atoms with Gasteiger partial charge in [-0.15, -0.1) is 11.3 Å². The molecule has 0 radical (unpaired) electrons. The molecule has 2 rings (SSSR count). The van der Waals surface area contributed by atoms with Crippen LogP contribution in [-0.4, -0.2) is 23.7 Å². The molecule has 0 unspecified atom stereocenters. The van der Waals surface area contributed by atoms with Crippen molar-refractivity contribution in [2.45, 2.75) is 0 Å². The van der Waals surface area contributed by atoms with Crippen LogP contribution in [0, 0.1) is 17.2 Å². The van der Waals surface area contributed by atoms with Crippen molar-refractivity contribution in [3.63, 3.8) is 0 Å². The van der Waals surface area contributed by atoms with Crippen LogP contribution in [0.5, 0.6) is 0 Å². The summed E-state index contributed by atoms with van der Waals surface area (Å²) in [6.07, 6.45) is 1.36. The maximum atomic E-state index is 12.2. The largest absolute Gasteiger partial charge is 0.358 e. The first kappa shape index (κ1) is 15.2. The van der Waals surface area contributed by atoms with E-state index in [4.69, 9.17) is 16.9 Å². The number of halogens is 1. The third-order valence-electron chi connectivity index (χ3n) is 2.75. The number of aromatic nitrogens is 1. The molecule has 0 aliphatic carbocycles. The molecule has 5 nitrogen and oxygen atoms in total. The fraction of sp³-hybridized carbons (Fsp3) is 0.143. The Morgan fingerprint density at radius 1 is 1.43 bits per heavy atom. The van der Waals surface area contributed by atoms with Crippen LogP contribution in [0.4, 0.5) is 0 Å². The average molecular weight is 320 g/mol. The third-order valence-corrected chi connectivity index (χ3v) is 4.13. The number of ketones is 1. The van der Waals surface area contributed by atoms with Crippen molar-refractivity contribution >= 4 is 34.6 Å². The Hall–Kier alpha value is -2.23. The molecule has 1 heterocycles. The first-order valence-electron chi connectivity index (χ1n) is 5.94. The second-order valence-corrected chi connectivity index (χ2v) is 5.49. The first-order valence-corrected chi connectivity index (χ1v) is 7.14. The lowest BCUT2D eigenvalue weighted by atomic mass is 10.0. The molecule has 7 heteroatoms. The van der Waals surface area contributed by atoms with E-state index in [2.05, 4.69) is 10.3 Å². The van der Waals surface area contributed by atoms with E-state index in [1.54, 1.807) is 24.3 Å². The van der Waals surface area contributed by atoms with E-state index >= 15 is 0 Å². The highest BCUT2D eigenvalue weighted by molar-refractivity contribution is 7.17. The number of hydrogen-bond donors (Lipinski definition) is 1. The Morgan fingerprint density at radius 3 is 2.76 bits per heavy atom. The molecule has 0 fully saturated rings. The van der Waals surface area contributed by atoms with Gasteiger partial charge < -0.3 is 5.32 Å². The summed E-state index contributed by atoms with van der Waals surface area (Å²) in [5.41, 5.74) is 0.705. The number of nitrogens with one attached hydrogen (secondary N) is 1. The van der Waals surface area contributed by atoms with Crippen molar-refractivity contribution in [3.05, 3.63) is 40.4 Å². The van der Waals surface area contributed by atoms with Crippen LogP contribution in [0.3, 0.4) is 0 Å². The average Bonchev–Trinajstić information content (AvgIpc) is 2.97. The van der Waals surface area contributed by atoms with Crippen LogP contribution in [-0.2, 0) is 4.79 Å². The van der Waals surface area contributed by atoms with Gasteiger partial charge in [0, 0.05) is 18.8 Å². The van der Waals surface area contributed by atoms with Gasteiger partial charge in [-0.3, -0.25) is 9.59 Å². The summed E-state index contributed by atoms with van der Waals surface area (Å²) < 4.78 is 0. The monoisotopic (exact) mass is 319 g/mol. The van der Waals surface area contributed by atoms with Crippen LogP contribution in [0.25, 0.3) is 10.6 Å². The van der Waals surface area contributed by atoms with Gasteiger partial charge in [-0.25, -0.2) is 4.98 Å². The van der Waals surface area contributed by atoms with Gasteiger partial charge in [0.25, 0.3) is 0 Å². The molecular weight excluding hydrogens is 310 g/mol. The number of benzene rings is 1. The van der Waals surface area contributed by atoms with Gasteiger partial charge in [-0.1, -0.05) is 29.8 Å². The van der Waals surface area contributed by atoms with Crippen molar-refractivity contribution in [3.8, 4) is 16.6 Å². The Labute approximate surface area is 130 Å². The maximum absolute atomic E-state index is 12.2. The van der Waals surface area contributed by atoms with Crippen LogP contribution in [0.2, 0.25) is 5.02 Å². The number of carbonyl (C=O) groups excluding carboxylic acids is 2. The summed E-state index contributed by atoms with van der Waals surface area (Å²) in [5.74, 6) is -2.56. The van der Waals surface area contributed by atoms with Crippen LogP contribution in [0.1, 0.15) is 9.67 Å². The number of hydrogen-bond acceptors (Lipinski definition) is 5. The Kier molecular flexibility index (Phi) is 4.68. The predicted octanol–water partition coefficient (Wildman–Crippen LogP) is 2.53. The van der Waals surface area contributed by atoms with Crippen LogP contribution in [0.15, 0.2) is 30.5 Å². The second-order valence-electron chi connectivity index (χ2n) is 4.05. The SMILES string of the molecule is CNC(=O)[C@H](C#N)C(=O)c1cnc(-c2ccccc2Cl)s1. The quantitative estimate of drug-likeness (QED) is 0.693. The highest BCUT2D eigenvalue weighted by atomic mass is 35.5. The third kappa shape index (κ3) is 3.10. The van der Waals surface area contributed by atoms with E-state index in [0.717, 1.165) is 11.3 Å². The lowest BCUT2D eigenvalue weighted by molar-refractivity contribution is -0.121. The summed E-state index contributed by atoms with van der Waals surface area (Å²) in [4.78, 5) is 28.0. The number of rotatable bonds is 4. The molecule has 1 aromatic heterocycles. The van der Waals surface area contributed by atoms with Crippen LogP contribution < -0.4 is 5.32 Å². The van der Waals surface area contributed by atoms with Gasteiger partial charge >= 0.3 is 0 Å². The number of thiazole rings is 1. The van der Waals surface area contributed by atoms with Gasteiger partial charge in [-0.2, -0.15) is 5.26 Å². The number of nitriles is 1. The zero-order valence-corrected chi connectivity index (χ0v) is 12.5. The molecule has 0 saturated heterocycles. The fourth-order valence-electron chi connectivity index (χ4n) is 1.67. The Morgan fingerprint density at radius 2 is 2.14 bits per heavy atom. The maximum Gasteiger partial charge on any atom is 0.245 e. The van der Waals surface area contributed by atoms with Gasteiger partial charge in [0.1, 0.15) is 5.01 Å². The van der Waals surface area contributed by atoms with Crippen molar-refractivity contribution in [1.29, 1.82) is 5.26 Å². The summed E-state index contributed by atoms with van der Waals surface area (Å²) >= 11 is 7.18. The standard InChI is InChI=1S/C14H10ClN3O2S/c1-17-13(20)9(6-16)12(19)11-7-18-14(21-11)8-4-2-3-5-10(8)15/h2-5,7,9H,1H3,(H,17,20)/t9-/m1/s1.